The predicted molar refractivity (Wildman–Crippen MR) is 78.8 cm³/mol. The van der Waals surface area contributed by atoms with Crippen molar-refractivity contribution in [2.24, 2.45) is 0 Å². The van der Waals surface area contributed by atoms with Gasteiger partial charge in [0.1, 0.15) is 0 Å². The summed E-state index contributed by atoms with van der Waals surface area (Å²) in [6.07, 6.45) is 0. The lowest BCUT2D eigenvalue weighted by Crippen LogP contribution is -2.42. The Morgan fingerprint density at radius 1 is 1.28 bits per heavy atom. The van der Waals surface area contributed by atoms with Gasteiger partial charge < -0.3 is 5.32 Å². The minimum Gasteiger partial charge on any atom is -0.309 e. The average Bonchev–Trinajstić information content (AvgIpc) is 2.74. The van der Waals surface area contributed by atoms with Crippen molar-refractivity contribution in [2.45, 2.75) is 38.2 Å². The number of thioether (sulfide) groups is 1. The summed E-state index contributed by atoms with van der Waals surface area (Å²) in [7, 11) is 0. The molecule has 1 aromatic carbocycles. The van der Waals surface area contributed by atoms with E-state index in [9.17, 15) is 0 Å². The van der Waals surface area contributed by atoms with Crippen LogP contribution in [-0.2, 0) is 19.6 Å². The second kappa shape index (κ2) is 4.87. The summed E-state index contributed by atoms with van der Waals surface area (Å²) < 4.78 is 0.413. The molecule has 2 aliphatic heterocycles. The summed E-state index contributed by atoms with van der Waals surface area (Å²) in [5.74, 6) is 1.26. The molecule has 0 aliphatic carbocycles. The maximum atomic E-state index is 3.41. The number of benzene rings is 1. The SMILES string of the molecule is CC1(C)CN(Cc2ccc3c(c2)CNC3)CCS1. The normalized spacial score (nSPS) is 23.0. The van der Waals surface area contributed by atoms with Crippen LogP contribution in [0.2, 0.25) is 0 Å². The van der Waals surface area contributed by atoms with Crippen LogP contribution in [0.5, 0.6) is 0 Å². The van der Waals surface area contributed by atoms with E-state index in [-0.39, 0.29) is 0 Å². The molecule has 0 bridgehead atoms. The lowest BCUT2D eigenvalue weighted by Gasteiger charge is -2.37. The van der Waals surface area contributed by atoms with Crippen LogP contribution in [0.1, 0.15) is 30.5 Å². The van der Waals surface area contributed by atoms with Crippen LogP contribution in [0.25, 0.3) is 0 Å². The van der Waals surface area contributed by atoms with Crippen molar-refractivity contribution in [2.75, 3.05) is 18.8 Å². The van der Waals surface area contributed by atoms with E-state index in [0.717, 1.165) is 19.6 Å². The molecule has 2 heterocycles. The molecule has 1 fully saturated rings. The van der Waals surface area contributed by atoms with Crippen LogP contribution in [0, 0.1) is 0 Å². The average molecular weight is 262 g/mol. The Kier molecular flexibility index (Phi) is 3.39. The first kappa shape index (κ1) is 12.5. The maximum Gasteiger partial charge on any atom is 0.0234 e. The maximum absolute atomic E-state index is 3.41. The Morgan fingerprint density at radius 3 is 2.94 bits per heavy atom. The Morgan fingerprint density at radius 2 is 2.11 bits per heavy atom. The largest absolute Gasteiger partial charge is 0.309 e. The van der Waals surface area contributed by atoms with Gasteiger partial charge in [0.15, 0.2) is 0 Å². The quantitative estimate of drug-likeness (QED) is 0.882. The van der Waals surface area contributed by atoms with Crippen molar-refractivity contribution < 1.29 is 0 Å². The zero-order valence-corrected chi connectivity index (χ0v) is 12.1. The minimum atomic E-state index is 0.413. The molecule has 0 atom stereocenters. The first-order valence-electron chi connectivity index (χ1n) is 6.80. The fraction of sp³-hybridized carbons (Fsp3) is 0.600. The summed E-state index contributed by atoms with van der Waals surface area (Å²) in [6, 6.07) is 7.00. The van der Waals surface area contributed by atoms with E-state index in [1.54, 1.807) is 0 Å². The molecule has 1 saturated heterocycles. The van der Waals surface area contributed by atoms with E-state index in [2.05, 4.69) is 54.0 Å². The van der Waals surface area contributed by atoms with Gasteiger partial charge in [0.25, 0.3) is 0 Å². The number of rotatable bonds is 2. The first-order valence-corrected chi connectivity index (χ1v) is 7.79. The number of nitrogens with zero attached hydrogens (tertiary/aromatic N) is 1. The number of fused-ring (bicyclic) bond motifs is 1. The van der Waals surface area contributed by atoms with Crippen LogP contribution in [-0.4, -0.2) is 28.5 Å². The van der Waals surface area contributed by atoms with Crippen LogP contribution in [0.4, 0.5) is 0 Å². The number of nitrogens with one attached hydrogen (secondary N) is 1. The van der Waals surface area contributed by atoms with Crippen LogP contribution in [0.3, 0.4) is 0 Å². The molecule has 2 aliphatic rings. The standard InChI is InChI=1S/C15H22N2S/c1-15(2)11-17(5-6-18-15)10-12-3-4-13-8-16-9-14(13)7-12/h3-4,7,16H,5-6,8-11H2,1-2H3. The van der Waals surface area contributed by atoms with Gasteiger partial charge in [-0.05, 0) is 30.5 Å². The van der Waals surface area contributed by atoms with E-state index in [4.69, 9.17) is 0 Å². The zero-order valence-electron chi connectivity index (χ0n) is 11.3. The molecule has 0 amide bonds. The smallest absolute Gasteiger partial charge is 0.0234 e. The van der Waals surface area contributed by atoms with Crippen LogP contribution >= 0.6 is 11.8 Å². The fourth-order valence-corrected chi connectivity index (χ4v) is 4.13. The monoisotopic (exact) mass is 262 g/mol. The van der Waals surface area contributed by atoms with Gasteiger partial charge in [-0.2, -0.15) is 11.8 Å². The number of hydrogen-bond donors (Lipinski definition) is 1. The van der Waals surface area contributed by atoms with Gasteiger partial charge in [0.2, 0.25) is 0 Å². The van der Waals surface area contributed by atoms with Crippen molar-refractivity contribution in [3.05, 3.63) is 34.9 Å². The first-order chi connectivity index (χ1) is 8.62. The zero-order chi connectivity index (χ0) is 12.6. The van der Waals surface area contributed by atoms with Crippen LogP contribution in [0.15, 0.2) is 18.2 Å². The molecule has 0 aromatic heterocycles. The lowest BCUT2D eigenvalue weighted by atomic mass is 10.1. The lowest BCUT2D eigenvalue weighted by molar-refractivity contribution is 0.252. The molecule has 0 radical (unpaired) electrons. The molecule has 0 unspecified atom stereocenters. The predicted octanol–water partition coefficient (Wildman–Crippen LogP) is 2.62. The number of hydrogen-bond acceptors (Lipinski definition) is 3. The molecule has 0 spiro atoms. The molecule has 98 valence electrons. The summed E-state index contributed by atoms with van der Waals surface area (Å²) in [6.45, 7) is 10.3. The van der Waals surface area contributed by atoms with Gasteiger partial charge >= 0.3 is 0 Å². The highest BCUT2D eigenvalue weighted by Gasteiger charge is 2.26. The molecular weight excluding hydrogens is 240 g/mol. The van der Waals surface area contributed by atoms with E-state index < -0.39 is 0 Å². The Labute approximate surface area is 114 Å². The van der Waals surface area contributed by atoms with Gasteiger partial charge in [0, 0.05) is 43.2 Å². The fourth-order valence-electron chi connectivity index (χ4n) is 2.95. The summed E-state index contributed by atoms with van der Waals surface area (Å²) in [5, 5.41) is 3.41. The summed E-state index contributed by atoms with van der Waals surface area (Å²) in [4.78, 5) is 2.60. The van der Waals surface area contributed by atoms with Gasteiger partial charge in [-0.25, -0.2) is 0 Å². The third-order valence-electron chi connectivity index (χ3n) is 3.81. The van der Waals surface area contributed by atoms with E-state index in [1.165, 1.54) is 35.5 Å². The summed E-state index contributed by atoms with van der Waals surface area (Å²) >= 11 is 2.10. The Bertz CT molecular complexity index is 442. The van der Waals surface area contributed by atoms with Crippen molar-refractivity contribution in [3.8, 4) is 0 Å². The van der Waals surface area contributed by atoms with Crippen molar-refractivity contribution in [1.82, 2.24) is 10.2 Å². The Hall–Kier alpha value is -0.510. The molecule has 3 heteroatoms. The van der Waals surface area contributed by atoms with Crippen molar-refractivity contribution in [1.29, 1.82) is 0 Å². The highest BCUT2D eigenvalue weighted by molar-refractivity contribution is 8.00. The molecule has 1 N–H and O–H groups in total. The molecule has 0 saturated carbocycles. The second-order valence-corrected chi connectivity index (χ2v) is 7.83. The molecule has 1 aromatic rings. The van der Waals surface area contributed by atoms with Crippen molar-refractivity contribution >= 4 is 11.8 Å². The van der Waals surface area contributed by atoms with E-state index >= 15 is 0 Å². The third-order valence-corrected chi connectivity index (χ3v) is 5.11. The topological polar surface area (TPSA) is 15.3 Å². The molecular formula is C15H22N2S. The second-order valence-electron chi connectivity index (χ2n) is 6.03. The summed E-state index contributed by atoms with van der Waals surface area (Å²) in [5.41, 5.74) is 4.45. The molecule has 3 rings (SSSR count). The van der Waals surface area contributed by atoms with Gasteiger partial charge in [-0.15, -0.1) is 0 Å². The van der Waals surface area contributed by atoms with Gasteiger partial charge in [0.05, 0.1) is 0 Å². The Balaban J connectivity index is 1.69. The van der Waals surface area contributed by atoms with Gasteiger partial charge in [-0.3, -0.25) is 4.90 Å². The van der Waals surface area contributed by atoms with E-state index in [0.29, 0.717) is 4.75 Å². The minimum absolute atomic E-state index is 0.413. The van der Waals surface area contributed by atoms with Gasteiger partial charge in [-0.1, -0.05) is 18.2 Å². The third kappa shape index (κ3) is 2.73. The highest BCUT2D eigenvalue weighted by Crippen LogP contribution is 2.30. The molecule has 18 heavy (non-hydrogen) atoms. The van der Waals surface area contributed by atoms with Crippen molar-refractivity contribution in [3.63, 3.8) is 0 Å². The molecule has 2 nitrogen and oxygen atoms in total. The van der Waals surface area contributed by atoms with Crippen LogP contribution < -0.4 is 5.32 Å². The van der Waals surface area contributed by atoms with E-state index in [1.807, 2.05) is 0 Å². The highest BCUT2D eigenvalue weighted by atomic mass is 32.2.